The molecule has 0 bridgehead atoms. The zero-order valence-electron chi connectivity index (χ0n) is 17.4. The zero-order chi connectivity index (χ0) is 22.1. The zero-order valence-corrected chi connectivity index (χ0v) is 19.0. The van der Waals surface area contributed by atoms with E-state index < -0.39 is 14.9 Å². The van der Waals surface area contributed by atoms with Gasteiger partial charge in [0, 0.05) is 5.56 Å². The average molecular weight is 446 g/mol. The molecular formula is C21H23N3O4S2. The third-order valence-corrected chi connectivity index (χ3v) is 6.95. The Morgan fingerprint density at radius 3 is 2.50 bits per heavy atom. The maximum atomic E-state index is 12.9. The van der Waals surface area contributed by atoms with Crippen LogP contribution < -0.4 is 9.50 Å². The fourth-order valence-corrected chi connectivity index (χ4v) is 4.96. The second-order valence-electron chi connectivity index (χ2n) is 7.52. The van der Waals surface area contributed by atoms with E-state index in [-0.39, 0.29) is 16.6 Å². The smallest absolute Gasteiger partial charge is 0.339 e. The highest BCUT2D eigenvalue weighted by molar-refractivity contribution is 8.16. The number of hydrogen-bond acceptors (Lipinski definition) is 7. The number of nitrogens with zero attached hydrogens (tertiary/aromatic N) is 2. The molecule has 1 saturated heterocycles. The molecule has 2 aromatic rings. The first-order valence-electron chi connectivity index (χ1n) is 9.22. The van der Waals surface area contributed by atoms with E-state index >= 15 is 0 Å². The molecule has 1 aliphatic rings. The lowest BCUT2D eigenvalue weighted by Crippen LogP contribution is -2.30. The summed E-state index contributed by atoms with van der Waals surface area (Å²) in [7, 11) is -4.03. The van der Waals surface area contributed by atoms with Crippen LogP contribution in [0.2, 0.25) is 0 Å². The van der Waals surface area contributed by atoms with Gasteiger partial charge in [0.25, 0.3) is 0 Å². The van der Waals surface area contributed by atoms with E-state index in [9.17, 15) is 13.2 Å². The molecule has 3 rings (SSSR count). The second kappa shape index (κ2) is 8.23. The molecule has 30 heavy (non-hydrogen) atoms. The van der Waals surface area contributed by atoms with Crippen LogP contribution in [0, 0.1) is 20.8 Å². The van der Waals surface area contributed by atoms with Gasteiger partial charge in [0.2, 0.25) is 5.91 Å². The molecule has 1 aliphatic heterocycles. The van der Waals surface area contributed by atoms with E-state index in [4.69, 9.17) is 4.18 Å². The molecule has 1 heterocycles. The lowest BCUT2D eigenvalue weighted by molar-refractivity contribution is -0.120. The summed E-state index contributed by atoms with van der Waals surface area (Å²) in [6, 6.07) is 10.4. The number of hydrogen-bond donors (Lipinski definition) is 1. The highest BCUT2D eigenvalue weighted by atomic mass is 32.2. The number of para-hydroxylation sites is 1. The standard InChI is InChI=1S/C21H23N3O4S2/c1-13-9-10-14(2)17(11-13)30(26,27)28-18-15(3)7-6-8-16(18)12-22-24-20-23-19(25)21(4,5)29-20/h6-12H,1-5H3,(H,23,24,25)/b22-12+. The quantitative estimate of drug-likeness (QED) is 0.430. The maximum Gasteiger partial charge on any atom is 0.339 e. The summed E-state index contributed by atoms with van der Waals surface area (Å²) in [5, 5.41) is 11.1. The van der Waals surface area contributed by atoms with Crippen LogP contribution >= 0.6 is 11.8 Å². The molecule has 7 nitrogen and oxygen atoms in total. The summed E-state index contributed by atoms with van der Waals surface area (Å²) in [6.45, 7) is 8.89. The number of thioether (sulfide) groups is 1. The van der Waals surface area contributed by atoms with Gasteiger partial charge in [-0.1, -0.05) is 36.0 Å². The number of carbonyl (C=O) groups excluding carboxylic acids is 1. The molecule has 1 N–H and O–H groups in total. The molecule has 1 fully saturated rings. The lowest BCUT2D eigenvalue weighted by Gasteiger charge is -2.13. The van der Waals surface area contributed by atoms with Crippen LogP contribution in [0.5, 0.6) is 5.75 Å². The third-order valence-electron chi connectivity index (χ3n) is 4.51. The number of aryl methyl sites for hydroxylation is 3. The molecule has 0 saturated carbocycles. The van der Waals surface area contributed by atoms with Gasteiger partial charge in [0.05, 0.1) is 11.0 Å². The average Bonchev–Trinajstić information content (AvgIpc) is 2.91. The minimum Gasteiger partial charge on any atom is -0.378 e. The summed E-state index contributed by atoms with van der Waals surface area (Å²) in [4.78, 5) is 12.0. The van der Waals surface area contributed by atoms with Crippen LogP contribution in [0.1, 0.15) is 36.1 Å². The number of rotatable bonds is 5. The molecular weight excluding hydrogens is 422 g/mol. The summed E-state index contributed by atoms with van der Waals surface area (Å²) < 4.78 is 30.8. The van der Waals surface area contributed by atoms with Crippen molar-refractivity contribution in [1.29, 1.82) is 0 Å². The monoisotopic (exact) mass is 445 g/mol. The topological polar surface area (TPSA) is 97.2 Å². The van der Waals surface area contributed by atoms with Crippen LogP contribution in [0.25, 0.3) is 0 Å². The van der Waals surface area contributed by atoms with Crippen LogP contribution in [0.15, 0.2) is 51.5 Å². The minimum atomic E-state index is -4.03. The Balaban J connectivity index is 1.91. The van der Waals surface area contributed by atoms with Gasteiger partial charge in [-0.3, -0.25) is 4.79 Å². The Morgan fingerprint density at radius 1 is 1.10 bits per heavy atom. The first-order chi connectivity index (χ1) is 14.0. The number of amides is 1. The van der Waals surface area contributed by atoms with Crippen molar-refractivity contribution in [3.05, 3.63) is 58.7 Å². The molecule has 0 spiro atoms. The van der Waals surface area contributed by atoms with Crippen LogP contribution in [0.3, 0.4) is 0 Å². The SMILES string of the molecule is Cc1ccc(C)c(S(=O)(=O)Oc2c(C)cccc2/C=N/N=C2\NC(=O)C(C)(C)S2)c1. The predicted molar refractivity (Wildman–Crippen MR) is 120 cm³/mol. The fourth-order valence-electron chi connectivity index (χ4n) is 2.77. The first kappa shape index (κ1) is 22.0. The van der Waals surface area contributed by atoms with Crippen molar-refractivity contribution >= 4 is 39.2 Å². The van der Waals surface area contributed by atoms with Crippen molar-refractivity contribution in [1.82, 2.24) is 5.32 Å². The van der Waals surface area contributed by atoms with Gasteiger partial charge in [-0.2, -0.15) is 13.5 Å². The first-order valence-corrected chi connectivity index (χ1v) is 11.4. The molecule has 1 amide bonds. The van der Waals surface area contributed by atoms with Gasteiger partial charge >= 0.3 is 10.1 Å². The van der Waals surface area contributed by atoms with Crippen LogP contribution in [-0.4, -0.2) is 30.5 Å². The van der Waals surface area contributed by atoms with E-state index in [1.807, 2.05) is 13.0 Å². The molecule has 158 valence electrons. The fraction of sp³-hybridized carbons (Fsp3) is 0.286. The van der Waals surface area contributed by atoms with Crippen molar-refractivity contribution in [2.24, 2.45) is 10.2 Å². The van der Waals surface area contributed by atoms with Crippen molar-refractivity contribution < 1.29 is 17.4 Å². The highest BCUT2D eigenvalue weighted by Crippen LogP contribution is 2.31. The highest BCUT2D eigenvalue weighted by Gasteiger charge is 2.38. The summed E-state index contributed by atoms with van der Waals surface area (Å²) >= 11 is 1.28. The third kappa shape index (κ3) is 4.73. The number of nitrogens with one attached hydrogen (secondary N) is 1. The molecule has 0 aliphatic carbocycles. The maximum absolute atomic E-state index is 12.9. The van der Waals surface area contributed by atoms with E-state index in [0.717, 1.165) is 5.56 Å². The van der Waals surface area contributed by atoms with Gasteiger partial charge in [0.1, 0.15) is 4.90 Å². The Kier molecular flexibility index (Phi) is 6.05. The Bertz CT molecular complexity index is 1170. The van der Waals surface area contributed by atoms with Crippen LogP contribution in [0.4, 0.5) is 0 Å². The molecule has 2 aromatic carbocycles. The van der Waals surface area contributed by atoms with Gasteiger partial charge in [-0.05, 0) is 63.4 Å². The van der Waals surface area contributed by atoms with E-state index in [1.54, 1.807) is 58.0 Å². The lowest BCUT2D eigenvalue weighted by atomic mass is 10.1. The summed E-state index contributed by atoms with van der Waals surface area (Å²) in [5.74, 6) is 0.0476. The number of carbonyl (C=O) groups is 1. The summed E-state index contributed by atoms with van der Waals surface area (Å²) in [5.41, 5.74) is 2.53. The molecule has 0 aromatic heterocycles. The van der Waals surface area contributed by atoms with E-state index in [1.165, 1.54) is 18.0 Å². The number of amidine groups is 1. The van der Waals surface area contributed by atoms with Crippen molar-refractivity contribution in [3.8, 4) is 5.75 Å². The second-order valence-corrected chi connectivity index (χ2v) is 10.6. The van der Waals surface area contributed by atoms with Crippen molar-refractivity contribution in [2.75, 3.05) is 0 Å². The molecule has 0 atom stereocenters. The predicted octanol–water partition coefficient (Wildman–Crippen LogP) is 3.71. The number of benzene rings is 2. The van der Waals surface area contributed by atoms with E-state index in [2.05, 4.69) is 15.5 Å². The largest absolute Gasteiger partial charge is 0.378 e. The van der Waals surface area contributed by atoms with Crippen molar-refractivity contribution in [3.63, 3.8) is 0 Å². The van der Waals surface area contributed by atoms with Crippen LogP contribution in [-0.2, 0) is 14.9 Å². The van der Waals surface area contributed by atoms with Gasteiger partial charge in [0.15, 0.2) is 10.9 Å². The molecule has 0 radical (unpaired) electrons. The van der Waals surface area contributed by atoms with Gasteiger partial charge < -0.3 is 9.50 Å². The van der Waals surface area contributed by atoms with E-state index in [0.29, 0.717) is 21.9 Å². The van der Waals surface area contributed by atoms with Gasteiger partial charge in [-0.25, -0.2) is 0 Å². The van der Waals surface area contributed by atoms with Crippen molar-refractivity contribution in [2.45, 2.75) is 44.3 Å². The Labute approximate surface area is 180 Å². The molecule has 0 unspecified atom stereocenters. The normalized spacial score (nSPS) is 17.5. The Morgan fingerprint density at radius 2 is 1.83 bits per heavy atom. The Hall–Kier alpha value is -2.65. The van der Waals surface area contributed by atoms with Gasteiger partial charge in [-0.15, -0.1) is 5.10 Å². The molecule has 9 heteroatoms. The summed E-state index contributed by atoms with van der Waals surface area (Å²) in [6.07, 6.45) is 1.41. The minimum absolute atomic E-state index is 0.126.